The maximum atomic E-state index is 10.8. The summed E-state index contributed by atoms with van der Waals surface area (Å²) in [6.45, 7) is 0. The Morgan fingerprint density at radius 3 is 2.62 bits per heavy atom. The third-order valence-corrected chi connectivity index (χ3v) is 2.47. The van der Waals surface area contributed by atoms with Gasteiger partial charge >= 0.3 is 5.97 Å². The molecular formula is C9H10BrNO2. The zero-order valence-electron chi connectivity index (χ0n) is 7.12. The summed E-state index contributed by atoms with van der Waals surface area (Å²) in [5.41, 5.74) is 0.734. The van der Waals surface area contributed by atoms with Crippen LogP contribution >= 0.6 is 15.9 Å². The van der Waals surface area contributed by atoms with Crippen molar-refractivity contribution in [3.05, 3.63) is 34.3 Å². The normalized spacial score (nSPS) is 12.5. The van der Waals surface area contributed by atoms with Crippen LogP contribution in [0.2, 0.25) is 0 Å². The SMILES string of the molecule is CNC(C(=O)O)c1ccccc1Br. The molecule has 0 aliphatic rings. The number of carboxylic acids is 1. The molecule has 13 heavy (non-hydrogen) atoms. The zero-order valence-corrected chi connectivity index (χ0v) is 8.71. The Hall–Kier alpha value is -0.870. The number of hydrogen-bond donors (Lipinski definition) is 2. The van der Waals surface area contributed by atoms with E-state index in [0.29, 0.717) is 0 Å². The van der Waals surface area contributed by atoms with E-state index in [-0.39, 0.29) is 0 Å². The largest absolute Gasteiger partial charge is 0.480 e. The minimum atomic E-state index is -0.880. The number of hydrogen-bond acceptors (Lipinski definition) is 2. The maximum absolute atomic E-state index is 10.8. The van der Waals surface area contributed by atoms with Crippen LogP contribution in [0.15, 0.2) is 28.7 Å². The van der Waals surface area contributed by atoms with Crippen molar-refractivity contribution < 1.29 is 9.90 Å². The van der Waals surface area contributed by atoms with E-state index in [2.05, 4.69) is 21.2 Å². The van der Waals surface area contributed by atoms with Crippen molar-refractivity contribution in [2.45, 2.75) is 6.04 Å². The van der Waals surface area contributed by atoms with Crippen LogP contribution in [0.5, 0.6) is 0 Å². The molecule has 1 atom stereocenters. The first-order chi connectivity index (χ1) is 6.16. The van der Waals surface area contributed by atoms with E-state index in [4.69, 9.17) is 5.11 Å². The van der Waals surface area contributed by atoms with Gasteiger partial charge in [-0.1, -0.05) is 34.1 Å². The quantitative estimate of drug-likeness (QED) is 0.852. The molecule has 0 bridgehead atoms. The van der Waals surface area contributed by atoms with Gasteiger partial charge in [-0.2, -0.15) is 0 Å². The molecule has 0 spiro atoms. The van der Waals surface area contributed by atoms with Crippen LogP contribution in [0.25, 0.3) is 0 Å². The second-order valence-corrected chi connectivity index (χ2v) is 3.44. The third-order valence-electron chi connectivity index (χ3n) is 1.75. The van der Waals surface area contributed by atoms with Crippen molar-refractivity contribution in [2.24, 2.45) is 0 Å². The maximum Gasteiger partial charge on any atom is 0.325 e. The fourth-order valence-electron chi connectivity index (χ4n) is 1.12. The lowest BCUT2D eigenvalue weighted by molar-refractivity contribution is -0.139. The molecule has 0 aromatic heterocycles. The fraction of sp³-hybridized carbons (Fsp3) is 0.222. The van der Waals surface area contributed by atoms with Crippen molar-refractivity contribution in [3.8, 4) is 0 Å². The van der Waals surface area contributed by atoms with Gasteiger partial charge in [-0.25, -0.2) is 0 Å². The van der Waals surface area contributed by atoms with Gasteiger partial charge in [0.2, 0.25) is 0 Å². The summed E-state index contributed by atoms with van der Waals surface area (Å²) in [7, 11) is 1.62. The van der Waals surface area contributed by atoms with E-state index in [1.165, 1.54) is 0 Å². The second-order valence-electron chi connectivity index (χ2n) is 2.58. The number of nitrogens with one attached hydrogen (secondary N) is 1. The molecule has 1 aromatic carbocycles. The lowest BCUT2D eigenvalue weighted by atomic mass is 10.1. The van der Waals surface area contributed by atoms with Crippen LogP contribution in [0.1, 0.15) is 11.6 Å². The number of halogens is 1. The molecule has 0 radical (unpaired) electrons. The van der Waals surface area contributed by atoms with E-state index < -0.39 is 12.0 Å². The molecule has 1 rings (SSSR count). The monoisotopic (exact) mass is 243 g/mol. The highest BCUT2D eigenvalue weighted by Gasteiger charge is 2.18. The first kappa shape index (κ1) is 10.2. The smallest absolute Gasteiger partial charge is 0.325 e. The number of rotatable bonds is 3. The standard InChI is InChI=1S/C9H10BrNO2/c1-11-8(9(12)13)6-4-2-3-5-7(6)10/h2-5,8,11H,1H3,(H,12,13). The Bertz CT molecular complexity index is 314. The Morgan fingerprint density at radius 1 is 1.54 bits per heavy atom. The number of carboxylic acid groups (broad SMARTS) is 1. The highest BCUT2D eigenvalue weighted by atomic mass is 79.9. The lowest BCUT2D eigenvalue weighted by Crippen LogP contribution is -2.25. The van der Waals surface area contributed by atoms with Gasteiger partial charge in [0.1, 0.15) is 6.04 Å². The van der Waals surface area contributed by atoms with Crippen molar-refractivity contribution >= 4 is 21.9 Å². The summed E-state index contributed by atoms with van der Waals surface area (Å²) in [6.07, 6.45) is 0. The van der Waals surface area contributed by atoms with Gasteiger partial charge in [-0.05, 0) is 18.7 Å². The average molecular weight is 244 g/mol. The molecule has 0 aliphatic heterocycles. The van der Waals surface area contributed by atoms with Crippen LogP contribution < -0.4 is 5.32 Å². The lowest BCUT2D eigenvalue weighted by Gasteiger charge is -2.12. The number of aliphatic carboxylic acids is 1. The molecule has 70 valence electrons. The van der Waals surface area contributed by atoms with Crippen molar-refractivity contribution in [3.63, 3.8) is 0 Å². The Morgan fingerprint density at radius 2 is 2.15 bits per heavy atom. The Kier molecular flexibility index (Phi) is 3.45. The van der Waals surface area contributed by atoms with Gasteiger partial charge in [-0.15, -0.1) is 0 Å². The van der Waals surface area contributed by atoms with Crippen molar-refractivity contribution in [1.82, 2.24) is 5.32 Å². The van der Waals surface area contributed by atoms with Gasteiger partial charge < -0.3 is 10.4 Å². The molecule has 0 heterocycles. The molecule has 0 amide bonds. The predicted molar refractivity (Wildman–Crippen MR) is 53.6 cm³/mol. The highest BCUT2D eigenvalue weighted by molar-refractivity contribution is 9.10. The fourth-order valence-corrected chi connectivity index (χ4v) is 1.63. The van der Waals surface area contributed by atoms with Gasteiger partial charge in [0.05, 0.1) is 0 Å². The number of likely N-dealkylation sites (N-methyl/N-ethyl adjacent to an activating group) is 1. The number of carbonyl (C=O) groups is 1. The van der Waals surface area contributed by atoms with Gasteiger partial charge in [-0.3, -0.25) is 4.79 Å². The number of benzene rings is 1. The molecule has 0 aliphatic carbocycles. The van der Waals surface area contributed by atoms with Crippen LogP contribution in [0.4, 0.5) is 0 Å². The van der Waals surface area contributed by atoms with Crippen molar-refractivity contribution in [1.29, 1.82) is 0 Å². The second kappa shape index (κ2) is 4.39. The molecule has 0 fully saturated rings. The van der Waals surface area contributed by atoms with Crippen LogP contribution in [0, 0.1) is 0 Å². The third kappa shape index (κ3) is 2.29. The summed E-state index contributed by atoms with van der Waals surface area (Å²) in [4.78, 5) is 10.8. The first-order valence-corrected chi connectivity index (χ1v) is 4.60. The van der Waals surface area contributed by atoms with E-state index in [9.17, 15) is 4.79 Å². The minimum Gasteiger partial charge on any atom is -0.480 e. The van der Waals surface area contributed by atoms with E-state index in [0.717, 1.165) is 10.0 Å². The molecule has 1 unspecified atom stereocenters. The van der Waals surface area contributed by atoms with Gasteiger partial charge in [0.25, 0.3) is 0 Å². The Labute approximate surface area is 84.9 Å². The topological polar surface area (TPSA) is 49.3 Å². The summed E-state index contributed by atoms with van der Waals surface area (Å²) in [5.74, 6) is -0.880. The van der Waals surface area contributed by atoms with Gasteiger partial charge in [0.15, 0.2) is 0 Å². The summed E-state index contributed by atoms with van der Waals surface area (Å²) < 4.78 is 0.803. The Balaban J connectivity index is 3.04. The summed E-state index contributed by atoms with van der Waals surface area (Å²) in [6, 6.07) is 6.60. The van der Waals surface area contributed by atoms with E-state index in [1.807, 2.05) is 18.2 Å². The molecule has 0 saturated heterocycles. The molecule has 1 aromatic rings. The molecule has 2 N–H and O–H groups in total. The van der Waals surface area contributed by atoms with Crippen LogP contribution in [-0.4, -0.2) is 18.1 Å². The molecule has 3 nitrogen and oxygen atoms in total. The summed E-state index contributed by atoms with van der Waals surface area (Å²) in [5, 5.41) is 11.6. The minimum absolute atomic E-state index is 0.657. The molecular weight excluding hydrogens is 234 g/mol. The van der Waals surface area contributed by atoms with Gasteiger partial charge in [0, 0.05) is 4.47 Å². The van der Waals surface area contributed by atoms with E-state index >= 15 is 0 Å². The predicted octanol–water partition coefficient (Wildman–Crippen LogP) is 1.79. The zero-order chi connectivity index (χ0) is 9.84. The van der Waals surface area contributed by atoms with Crippen LogP contribution in [-0.2, 0) is 4.79 Å². The highest BCUT2D eigenvalue weighted by Crippen LogP contribution is 2.22. The average Bonchev–Trinajstić information content (AvgIpc) is 2.09. The van der Waals surface area contributed by atoms with E-state index in [1.54, 1.807) is 13.1 Å². The first-order valence-electron chi connectivity index (χ1n) is 3.81. The van der Waals surface area contributed by atoms with Crippen LogP contribution in [0.3, 0.4) is 0 Å². The molecule has 4 heteroatoms. The molecule has 0 saturated carbocycles. The van der Waals surface area contributed by atoms with Crippen molar-refractivity contribution in [2.75, 3.05) is 7.05 Å². The summed E-state index contributed by atoms with van der Waals surface area (Å²) >= 11 is 3.30.